The van der Waals surface area contributed by atoms with Crippen LogP contribution in [0.4, 0.5) is 17.3 Å². The van der Waals surface area contributed by atoms with Gasteiger partial charge in [0.2, 0.25) is 0 Å². The number of thioether (sulfide) groups is 1. The number of nitrogens with two attached hydrogens (primary N) is 1. The molecule has 0 spiro atoms. The zero-order valence-electron chi connectivity index (χ0n) is 19.0. The van der Waals surface area contributed by atoms with E-state index < -0.39 is 0 Å². The molecule has 1 aliphatic heterocycles. The minimum atomic E-state index is -0.253. The van der Waals surface area contributed by atoms with Gasteiger partial charge in [-0.1, -0.05) is 37.7 Å². The van der Waals surface area contributed by atoms with E-state index in [2.05, 4.69) is 67.2 Å². The van der Waals surface area contributed by atoms with Gasteiger partial charge in [0.25, 0.3) is 0 Å². The first-order chi connectivity index (χ1) is 14.8. The molecule has 1 unspecified atom stereocenters. The summed E-state index contributed by atoms with van der Waals surface area (Å²) in [6, 6.07) is 8.50. The number of hydrogen-bond acceptors (Lipinski definition) is 7. The fourth-order valence-electron chi connectivity index (χ4n) is 4.80. The molecule has 1 aliphatic carbocycles. The Kier molecular flexibility index (Phi) is 5.73. The number of carbonyl (C=O) groups excluding carboxylic acids is 1. The average molecular weight is 438 g/mol. The van der Waals surface area contributed by atoms with Crippen LogP contribution >= 0.6 is 11.8 Å². The third kappa shape index (κ3) is 3.91. The molecule has 7 heteroatoms. The van der Waals surface area contributed by atoms with Crippen LogP contribution in [0.25, 0.3) is 0 Å². The summed E-state index contributed by atoms with van der Waals surface area (Å²) in [7, 11) is 0. The number of ketones is 1. The van der Waals surface area contributed by atoms with Gasteiger partial charge in [-0.25, -0.2) is 9.97 Å². The quantitative estimate of drug-likeness (QED) is 0.512. The zero-order chi connectivity index (χ0) is 22.3. The number of nitrogens with zero attached hydrogens (tertiary/aromatic N) is 3. The maximum Gasteiger partial charge on any atom is 0.191 e. The Hall–Kier alpha value is -2.54. The Labute approximate surface area is 188 Å². The fraction of sp³-hybridized carbons (Fsp3) is 0.458. The number of nitrogens with one attached hydrogen (secondary N) is 1. The summed E-state index contributed by atoms with van der Waals surface area (Å²) in [6.45, 7) is 10.5. The Morgan fingerprint density at radius 3 is 2.45 bits per heavy atom. The number of fused-ring (bicyclic) bond motifs is 1. The highest BCUT2D eigenvalue weighted by atomic mass is 32.2. The molecule has 1 aromatic carbocycles. The van der Waals surface area contributed by atoms with Crippen molar-refractivity contribution in [2.45, 2.75) is 51.6 Å². The number of anilines is 3. The van der Waals surface area contributed by atoms with E-state index in [9.17, 15) is 4.79 Å². The van der Waals surface area contributed by atoms with Gasteiger partial charge in [-0.15, -0.1) is 0 Å². The smallest absolute Gasteiger partial charge is 0.191 e. The van der Waals surface area contributed by atoms with E-state index >= 15 is 0 Å². The molecule has 0 bridgehead atoms. The number of nitrogen functional groups attached to an aromatic ring is 1. The van der Waals surface area contributed by atoms with E-state index in [4.69, 9.17) is 10.7 Å². The molecule has 6 nitrogen and oxygen atoms in total. The van der Waals surface area contributed by atoms with Crippen molar-refractivity contribution in [2.24, 2.45) is 5.41 Å². The van der Waals surface area contributed by atoms with Crippen molar-refractivity contribution in [1.29, 1.82) is 0 Å². The van der Waals surface area contributed by atoms with Crippen LogP contribution < -0.4 is 16.0 Å². The first kappa shape index (κ1) is 21.7. The number of benzene rings is 1. The minimum absolute atomic E-state index is 0.0848. The molecule has 0 amide bonds. The Balaban J connectivity index is 1.88. The van der Waals surface area contributed by atoms with Crippen LogP contribution in [-0.2, 0) is 4.79 Å². The largest absolute Gasteiger partial charge is 0.383 e. The summed E-state index contributed by atoms with van der Waals surface area (Å²) in [5, 5.41) is 4.08. The summed E-state index contributed by atoms with van der Waals surface area (Å²) in [5.74, 6) is 1.08. The monoisotopic (exact) mass is 437 g/mol. The van der Waals surface area contributed by atoms with Gasteiger partial charge in [0.1, 0.15) is 11.6 Å². The molecule has 2 aromatic rings. The lowest BCUT2D eigenvalue weighted by molar-refractivity contribution is -0.118. The van der Waals surface area contributed by atoms with Crippen LogP contribution in [0.5, 0.6) is 0 Å². The predicted octanol–water partition coefficient (Wildman–Crippen LogP) is 4.83. The molecular formula is C24H31N5OS. The number of Topliss-reactive ketones (excluding diaryl/α,β-unsaturated/α-hetero) is 1. The third-order valence-electron chi connectivity index (χ3n) is 6.26. The van der Waals surface area contributed by atoms with Crippen molar-refractivity contribution >= 4 is 34.9 Å². The molecular weight excluding hydrogens is 406 g/mol. The van der Waals surface area contributed by atoms with Gasteiger partial charge in [0, 0.05) is 47.9 Å². The highest BCUT2D eigenvalue weighted by molar-refractivity contribution is 7.98. The zero-order valence-corrected chi connectivity index (χ0v) is 19.8. The highest BCUT2D eigenvalue weighted by Crippen LogP contribution is 2.50. The average Bonchev–Trinajstić information content (AvgIpc) is 2.72. The molecule has 0 saturated carbocycles. The lowest BCUT2D eigenvalue weighted by Crippen LogP contribution is -2.34. The molecule has 1 atom stereocenters. The Bertz CT molecular complexity index is 1040. The molecule has 164 valence electrons. The topological polar surface area (TPSA) is 84.1 Å². The SMILES string of the molecule is CCN(CC)c1ccc(C2C3=C(CC(C)(C)CC3=O)Nc3nc(SC)nc(N)c32)cc1. The minimum Gasteiger partial charge on any atom is -0.383 e. The van der Waals surface area contributed by atoms with Crippen LogP contribution in [0.3, 0.4) is 0 Å². The van der Waals surface area contributed by atoms with Gasteiger partial charge in [-0.05, 0) is 49.6 Å². The maximum absolute atomic E-state index is 13.3. The van der Waals surface area contributed by atoms with Crippen molar-refractivity contribution in [3.63, 3.8) is 0 Å². The van der Waals surface area contributed by atoms with Gasteiger partial charge < -0.3 is 16.0 Å². The van der Waals surface area contributed by atoms with Crippen molar-refractivity contribution in [3.05, 3.63) is 46.7 Å². The summed E-state index contributed by atoms with van der Waals surface area (Å²) in [5.41, 5.74) is 11.2. The van der Waals surface area contributed by atoms with Crippen LogP contribution in [0, 0.1) is 5.41 Å². The molecule has 4 rings (SSSR count). The molecule has 2 aliphatic rings. The van der Waals surface area contributed by atoms with Crippen molar-refractivity contribution in [1.82, 2.24) is 9.97 Å². The second-order valence-corrected chi connectivity index (χ2v) is 9.79. The fourth-order valence-corrected chi connectivity index (χ4v) is 5.18. The first-order valence-electron chi connectivity index (χ1n) is 10.9. The van der Waals surface area contributed by atoms with Crippen LogP contribution in [-0.4, -0.2) is 35.1 Å². The molecule has 3 N–H and O–H groups in total. The number of carbonyl (C=O) groups is 1. The summed E-state index contributed by atoms with van der Waals surface area (Å²) >= 11 is 1.46. The van der Waals surface area contributed by atoms with E-state index in [0.717, 1.165) is 47.7 Å². The van der Waals surface area contributed by atoms with E-state index in [0.29, 0.717) is 17.4 Å². The predicted molar refractivity (Wildman–Crippen MR) is 129 cm³/mol. The number of allylic oxidation sites excluding steroid dienone is 2. The molecule has 1 aromatic heterocycles. The third-order valence-corrected chi connectivity index (χ3v) is 6.81. The van der Waals surface area contributed by atoms with Crippen molar-refractivity contribution in [3.8, 4) is 0 Å². The molecule has 0 fully saturated rings. The molecule has 2 heterocycles. The number of aromatic nitrogens is 2. The summed E-state index contributed by atoms with van der Waals surface area (Å²) in [4.78, 5) is 24.9. The van der Waals surface area contributed by atoms with E-state index in [1.807, 2.05) is 6.26 Å². The maximum atomic E-state index is 13.3. The highest BCUT2D eigenvalue weighted by Gasteiger charge is 2.42. The van der Waals surface area contributed by atoms with Crippen molar-refractivity contribution < 1.29 is 4.79 Å². The summed E-state index contributed by atoms with van der Waals surface area (Å²) < 4.78 is 0. The van der Waals surface area contributed by atoms with Gasteiger partial charge in [-0.3, -0.25) is 4.79 Å². The number of hydrogen-bond donors (Lipinski definition) is 2. The summed E-state index contributed by atoms with van der Waals surface area (Å²) in [6.07, 6.45) is 3.27. The van der Waals surface area contributed by atoms with E-state index in [1.54, 1.807) is 0 Å². The van der Waals surface area contributed by atoms with Gasteiger partial charge >= 0.3 is 0 Å². The molecule has 0 saturated heterocycles. The normalized spacial score (nSPS) is 19.5. The van der Waals surface area contributed by atoms with Gasteiger partial charge in [0.05, 0.1) is 0 Å². The van der Waals surface area contributed by atoms with Crippen LogP contribution in [0.1, 0.15) is 57.6 Å². The van der Waals surface area contributed by atoms with Gasteiger partial charge in [0.15, 0.2) is 10.9 Å². The van der Waals surface area contributed by atoms with Crippen LogP contribution in [0.2, 0.25) is 0 Å². The lowest BCUT2D eigenvalue weighted by Gasteiger charge is -2.39. The second kappa shape index (κ2) is 8.19. The Morgan fingerprint density at radius 1 is 1.16 bits per heavy atom. The van der Waals surface area contributed by atoms with Crippen LogP contribution in [0.15, 0.2) is 40.7 Å². The Morgan fingerprint density at radius 2 is 1.84 bits per heavy atom. The molecule has 31 heavy (non-hydrogen) atoms. The second-order valence-electron chi connectivity index (χ2n) is 9.01. The van der Waals surface area contributed by atoms with E-state index in [1.165, 1.54) is 17.4 Å². The van der Waals surface area contributed by atoms with Crippen molar-refractivity contribution in [2.75, 3.05) is 35.3 Å². The number of rotatable bonds is 5. The van der Waals surface area contributed by atoms with E-state index in [-0.39, 0.29) is 17.1 Å². The first-order valence-corrected chi connectivity index (χ1v) is 12.1. The van der Waals surface area contributed by atoms with Gasteiger partial charge in [-0.2, -0.15) is 0 Å². The lowest BCUT2D eigenvalue weighted by atomic mass is 9.69. The molecule has 0 radical (unpaired) electrons. The standard InChI is InChI=1S/C24H31N5OS/c1-6-29(7-2)15-10-8-14(9-11-15)18-19-16(12-24(3,4)13-17(19)30)26-22-20(18)21(25)27-23(28-22)31-5/h8-11,18H,6-7,12-13H2,1-5H3,(H3,25,26,27,28).